The second kappa shape index (κ2) is 63.2. The molecule has 0 fully saturated rings. The van der Waals surface area contributed by atoms with Crippen LogP contribution in [0.1, 0.15) is 361 Å². The van der Waals surface area contributed by atoms with Crippen molar-refractivity contribution in [1.29, 1.82) is 0 Å². The number of esters is 3. The van der Waals surface area contributed by atoms with Gasteiger partial charge in [0.05, 0.1) is 0 Å². The SMILES string of the molecule is CCCCCCC/C=C\C/C=C\C/C=C\CCCCCCCCCCCCCCCCC(=O)OCC(COC(=O)CCCCCCCCCCCCC)OC(=O)CCCCCCCCCCCCCCCCCC. The van der Waals surface area contributed by atoms with E-state index in [1.54, 1.807) is 0 Å². The molecule has 6 nitrogen and oxygen atoms in total. The number of hydrogen-bond acceptors (Lipinski definition) is 6. The highest BCUT2D eigenvalue weighted by Crippen LogP contribution is 2.18. The van der Waals surface area contributed by atoms with E-state index in [1.165, 1.54) is 250 Å². The van der Waals surface area contributed by atoms with E-state index in [0.29, 0.717) is 19.3 Å². The predicted molar refractivity (Wildman–Crippen MR) is 321 cm³/mol. The van der Waals surface area contributed by atoms with Crippen LogP contribution in [0, 0.1) is 0 Å². The van der Waals surface area contributed by atoms with Crippen molar-refractivity contribution in [1.82, 2.24) is 0 Å². The zero-order valence-corrected chi connectivity index (χ0v) is 49.9. The molecule has 0 heterocycles. The van der Waals surface area contributed by atoms with Crippen molar-refractivity contribution in [3.05, 3.63) is 36.5 Å². The Morgan fingerprint density at radius 2 is 0.486 bits per heavy atom. The largest absolute Gasteiger partial charge is 0.462 e. The van der Waals surface area contributed by atoms with E-state index < -0.39 is 6.10 Å². The highest BCUT2D eigenvalue weighted by Gasteiger charge is 2.19. The van der Waals surface area contributed by atoms with E-state index in [0.717, 1.165) is 70.6 Å². The van der Waals surface area contributed by atoms with Gasteiger partial charge in [0, 0.05) is 19.3 Å². The van der Waals surface area contributed by atoms with Gasteiger partial charge >= 0.3 is 17.9 Å². The third kappa shape index (κ3) is 60.5. The number of unbranched alkanes of at least 4 members (excludes halogenated alkanes) is 44. The molecule has 0 aromatic carbocycles. The average Bonchev–Trinajstić information content (AvgIpc) is 3.40. The van der Waals surface area contributed by atoms with Crippen LogP contribution in [0.25, 0.3) is 0 Å². The molecule has 0 radical (unpaired) electrons. The van der Waals surface area contributed by atoms with E-state index in [-0.39, 0.29) is 31.1 Å². The van der Waals surface area contributed by atoms with E-state index in [1.807, 2.05) is 0 Å². The molecule has 0 bridgehead atoms. The Morgan fingerprint density at radius 3 is 0.757 bits per heavy atom. The third-order valence-corrected chi connectivity index (χ3v) is 14.9. The van der Waals surface area contributed by atoms with Crippen LogP contribution in [0.4, 0.5) is 0 Å². The minimum Gasteiger partial charge on any atom is -0.462 e. The molecule has 0 aliphatic carbocycles. The van der Waals surface area contributed by atoms with Crippen LogP contribution in [0.3, 0.4) is 0 Å². The zero-order chi connectivity index (χ0) is 53.6. The fraction of sp³-hybridized carbons (Fsp3) is 0.868. The van der Waals surface area contributed by atoms with Gasteiger partial charge in [-0.25, -0.2) is 0 Å². The zero-order valence-electron chi connectivity index (χ0n) is 49.9. The topological polar surface area (TPSA) is 78.9 Å². The van der Waals surface area contributed by atoms with Gasteiger partial charge < -0.3 is 14.2 Å². The Morgan fingerprint density at radius 1 is 0.270 bits per heavy atom. The van der Waals surface area contributed by atoms with Crippen molar-refractivity contribution in [2.75, 3.05) is 13.2 Å². The molecule has 434 valence electrons. The molecule has 1 atom stereocenters. The van der Waals surface area contributed by atoms with Gasteiger partial charge in [0.2, 0.25) is 0 Å². The predicted octanol–water partition coefficient (Wildman–Crippen LogP) is 22.4. The molecule has 6 heteroatoms. The molecule has 0 saturated heterocycles. The Bertz CT molecular complexity index is 1240. The first-order valence-corrected chi connectivity index (χ1v) is 33.0. The number of ether oxygens (including phenoxy) is 3. The molecular formula is C68H126O6. The van der Waals surface area contributed by atoms with E-state index in [9.17, 15) is 14.4 Å². The summed E-state index contributed by atoms with van der Waals surface area (Å²) in [6.07, 6.45) is 77.3. The lowest BCUT2D eigenvalue weighted by atomic mass is 10.0. The number of hydrogen-bond donors (Lipinski definition) is 0. The first-order valence-electron chi connectivity index (χ1n) is 33.0. The minimum absolute atomic E-state index is 0.0658. The van der Waals surface area contributed by atoms with Crippen LogP contribution in [0.2, 0.25) is 0 Å². The van der Waals surface area contributed by atoms with Gasteiger partial charge in [0.1, 0.15) is 13.2 Å². The van der Waals surface area contributed by atoms with Crippen LogP contribution >= 0.6 is 0 Å². The van der Waals surface area contributed by atoms with Crippen LogP contribution in [-0.2, 0) is 28.6 Å². The van der Waals surface area contributed by atoms with E-state index in [4.69, 9.17) is 14.2 Å². The Kier molecular flexibility index (Phi) is 61.1. The minimum atomic E-state index is -0.767. The van der Waals surface area contributed by atoms with E-state index >= 15 is 0 Å². The maximum Gasteiger partial charge on any atom is 0.306 e. The summed E-state index contributed by atoms with van der Waals surface area (Å²) in [6.45, 7) is 6.68. The molecule has 0 amide bonds. The molecule has 0 aliphatic heterocycles. The summed E-state index contributed by atoms with van der Waals surface area (Å²) < 4.78 is 16.9. The molecule has 0 aliphatic rings. The molecule has 1 unspecified atom stereocenters. The van der Waals surface area contributed by atoms with Gasteiger partial charge in [-0.2, -0.15) is 0 Å². The summed E-state index contributed by atoms with van der Waals surface area (Å²) in [4.78, 5) is 38.2. The van der Waals surface area contributed by atoms with Gasteiger partial charge in [-0.1, -0.05) is 320 Å². The van der Waals surface area contributed by atoms with Gasteiger partial charge in [-0.3, -0.25) is 14.4 Å². The lowest BCUT2D eigenvalue weighted by Crippen LogP contribution is -2.30. The summed E-state index contributed by atoms with van der Waals surface area (Å²) in [6, 6.07) is 0. The van der Waals surface area contributed by atoms with Crippen molar-refractivity contribution in [2.24, 2.45) is 0 Å². The van der Waals surface area contributed by atoms with Gasteiger partial charge in [0.15, 0.2) is 6.10 Å². The lowest BCUT2D eigenvalue weighted by Gasteiger charge is -2.18. The fourth-order valence-electron chi connectivity index (χ4n) is 9.92. The molecule has 0 N–H and O–H groups in total. The van der Waals surface area contributed by atoms with Crippen LogP contribution in [0.15, 0.2) is 36.5 Å². The quantitative estimate of drug-likeness (QED) is 0.0261. The summed E-state index contributed by atoms with van der Waals surface area (Å²) in [5, 5.41) is 0. The Labute approximate surface area is 461 Å². The highest BCUT2D eigenvalue weighted by molar-refractivity contribution is 5.71. The van der Waals surface area contributed by atoms with Gasteiger partial charge in [0.25, 0.3) is 0 Å². The highest BCUT2D eigenvalue weighted by atomic mass is 16.6. The van der Waals surface area contributed by atoms with E-state index in [2.05, 4.69) is 57.2 Å². The Hall–Kier alpha value is -2.37. The number of rotatable bonds is 61. The molecule has 0 saturated carbocycles. The summed E-state index contributed by atoms with van der Waals surface area (Å²) in [5.41, 5.74) is 0. The first kappa shape index (κ1) is 71.6. The van der Waals surface area contributed by atoms with Crippen molar-refractivity contribution < 1.29 is 28.6 Å². The lowest BCUT2D eigenvalue weighted by molar-refractivity contribution is -0.167. The number of allylic oxidation sites excluding steroid dienone is 6. The second-order valence-electron chi connectivity index (χ2n) is 22.4. The molecule has 0 aromatic heterocycles. The number of carbonyl (C=O) groups is 3. The molecule has 0 spiro atoms. The molecular weight excluding hydrogens is 913 g/mol. The summed E-state index contributed by atoms with van der Waals surface area (Å²) in [5.74, 6) is -0.842. The van der Waals surface area contributed by atoms with Crippen molar-refractivity contribution in [2.45, 2.75) is 367 Å². The summed E-state index contributed by atoms with van der Waals surface area (Å²) in [7, 11) is 0. The third-order valence-electron chi connectivity index (χ3n) is 14.9. The van der Waals surface area contributed by atoms with Crippen molar-refractivity contribution in [3.63, 3.8) is 0 Å². The van der Waals surface area contributed by atoms with Crippen LogP contribution in [0.5, 0.6) is 0 Å². The maximum atomic E-state index is 12.9. The van der Waals surface area contributed by atoms with Gasteiger partial charge in [-0.05, 0) is 57.8 Å². The average molecular weight is 1040 g/mol. The molecule has 0 rings (SSSR count). The normalized spacial score (nSPS) is 12.2. The standard InChI is InChI=1S/C68H126O6/c1-4-7-10-13-16-19-22-24-26-28-29-30-31-32-33-34-35-36-37-38-39-40-42-43-46-49-52-55-58-61-67(70)73-64-65(63-72-66(69)60-57-54-51-48-45-21-18-15-12-9-6-3)74-68(71)62-59-56-53-50-47-44-41-27-25-23-20-17-14-11-8-5-2/h22,24,28-29,31-32,65H,4-21,23,25-27,30,33-64H2,1-3H3/b24-22-,29-28-,32-31-. The fourth-order valence-corrected chi connectivity index (χ4v) is 9.92. The van der Waals surface area contributed by atoms with Crippen molar-refractivity contribution in [3.8, 4) is 0 Å². The second-order valence-corrected chi connectivity index (χ2v) is 22.4. The maximum absolute atomic E-state index is 12.9. The van der Waals surface area contributed by atoms with Crippen LogP contribution in [-0.4, -0.2) is 37.2 Å². The summed E-state index contributed by atoms with van der Waals surface area (Å²) >= 11 is 0. The van der Waals surface area contributed by atoms with Crippen molar-refractivity contribution >= 4 is 17.9 Å². The Balaban J connectivity index is 4.15. The van der Waals surface area contributed by atoms with Gasteiger partial charge in [-0.15, -0.1) is 0 Å². The molecule has 0 aromatic rings. The smallest absolute Gasteiger partial charge is 0.306 e. The first-order chi connectivity index (χ1) is 36.5. The molecule has 74 heavy (non-hydrogen) atoms. The van der Waals surface area contributed by atoms with Crippen LogP contribution < -0.4 is 0 Å². The number of carbonyl (C=O) groups excluding carboxylic acids is 3. The monoisotopic (exact) mass is 1040 g/mol.